The minimum atomic E-state index is 0.217. The van der Waals surface area contributed by atoms with Crippen molar-refractivity contribution in [1.82, 2.24) is 5.32 Å². The fourth-order valence-electron chi connectivity index (χ4n) is 3.17. The normalized spacial score (nSPS) is 23.3. The van der Waals surface area contributed by atoms with Crippen molar-refractivity contribution in [2.75, 3.05) is 18.0 Å². The first kappa shape index (κ1) is 10.8. The molecule has 0 spiro atoms. The minimum Gasteiger partial charge on any atom is -0.306 e. The number of carbonyl (C=O) groups excluding carboxylic acids is 1. The van der Waals surface area contributed by atoms with Crippen LogP contribution in [-0.4, -0.2) is 25.0 Å². The van der Waals surface area contributed by atoms with Crippen molar-refractivity contribution in [2.45, 2.75) is 32.7 Å². The summed E-state index contributed by atoms with van der Waals surface area (Å²) in [6, 6.07) is 4.76. The first-order valence-electron chi connectivity index (χ1n) is 6.29. The summed E-state index contributed by atoms with van der Waals surface area (Å²) < 4.78 is 0. The van der Waals surface area contributed by atoms with E-state index < -0.39 is 0 Å². The molecule has 2 aliphatic rings. The van der Waals surface area contributed by atoms with E-state index in [1.807, 2.05) is 4.90 Å². The van der Waals surface area contributed by atoms with Gasteiger partial charge in [0.15, 0.2) is 0 Å². The number of rotatable bonds is 0. The number of carbonyl (C=O) groups is 1. The molecule has 0 saturated carbocycles. The van der Waals surface area contributed by atoms with Crippen molar-refractivity contribution < 1.29 is 4.79 Å². The molecule has 2 heterocycles. The van der Waals surface area contributed by atoms with Gasteiger partial charge < -0.3 is 10.2 Å². The molecule has 0 aromatic heterocycles. The maximum atomic E-state index is 12.1. The minimum absolute atomic E-state index is 0.217. The molecule has 2 aliphatic heterocycles. The summed E-state index contributed by atoms with van der Waals surface area (Å²) in [6.45, 7) is 5.64. The lowest BCUT2D eigenvalue weighted by molar-refractivity contribution is -0.119. The van der Waals surface area contributed by atoms with Crippen LogP contribution in [0, 0.1) is 13.8 Å². The average Bonchev–Trinajstić information content (AvgIpc) is 2.28. The van der Waals surface area contributed by atoms with Gasteiger partial charge in [-0.1, -0.05) is 17.7 Å². The number of anilines is 1. The Morgan fingerprint density at radius 2 is 2.18 bits per heavy atom. The number of aryl methyl sites for hydroxylation is 3. The fourth-order valence-corrected chi connectivity index (χ4v) is 3.17. The summed E-state index contributed by atoms with van der Waals surface area (Å²) >= 11 is 0. The predicted octanol–water partition coefficient (Wildman–Crippen LogP) is 1.55. The number of fused-ring (bicyclic) bond motifs is 3. The smallest absolute Gasteiger partial charge is 0.241 e. The van der Waals surface area contributed by atoms with Gasteiger partial charge in [-0.3, -0.25) is 4.79 Å². The standard InChI is InChI=1S/C14H18N2O/c1-9-5-10(2)14-11(6-9)3-4-12-7-15-8-13(17)16(12)14/h5-6,12,15H,3-4,7-8H2,1-2H3. The average molecular weight is 230 g/mol. The van der Waals surface area contributed by atoms with Gasteiger partial charge in [0.2, 0.25) is 5.91 Å². The Morgan fingerprint density at radius 3 is 3.00 bits per heavy atom. The molecular formula is C14H18N2O. The van der Waals surface area contributed by atoms with Crippen LogP contribution in [0.5, 0.6) is 0 Å². The largest absolute Gasteiger partial charge is 0.306 e. The van der Waals surface area contributed by atoms with Gasteiger partial charge in [0.25, 0.3) is 0 Å². The third-order valence-electron chi connectivity index (χ3n) is 3.80. The van der Waals surface area contributed by atoms with Gasteiger partial charge in [0.05, 0.1) is 12.2 Å². The van der Waals surface area contributed by atoms with Gasteiger partial charge >= 0.3 is 0 Å². The Morgan fingerprint density at radius 1 is 1.35 bits per heavy atom. The lowest BCUT2D eigenvalue weighted by Gasteiger charge is -2.41. The molecule has 0 aliphatic carbocycles. The van der Waals surface area contributed by atoms with Crippen LogP contribution >= 0.6 is 0 Å². The first-order chi connectivity index (χ1) is 8.16. The first-order valence-corrected chi connectivity index (χ1v) is 6.29. The number of amides is 1. The molecule has 90 valence electrons. The van der Waals surface area contributed by atoms with Gasteiger partial charge in [-0.05, 0) is 37.8 Å². The van der Waals surface area contributed by atoms with Crippen LogP contribution in [0.25, 0.3) is 0 Å². The number of piperazine rings is 1. The number of benzene rings is 1. The molecule has 1 fully saturated rings. The maximum absolute atomic E-state index is 12.1. The Kier molecular flexibility index (Phi) is 2.44. The van der Waals surface area contributed by atoms with Crippen molar-refractivity contribution in [1.29, 1.82) is 0 Å². The Balaban J connectivity index is 2.13. The molecule has 1 saturated heterocycles. The van der Waals surface area contributed by atoms with Gasteiger partial charge in [-0.2, -0.15) is 0 Å². The Bertz CT molecular complexity index is 481. The molecule has 3 nitrogen and oxygen atoms in total. The van der Waals surface area contributed by atoms with Crippen LogP contribution in [0.4, 0.5) is 5.69 Å². The van der Waals surface area contributed by atoms with E-state index in [9.17, 15) is 4.79 Å². The van der Waals surface area contributed by atoms with E-state index in [2.05, 4.69) is 31.3 Å². The van der Waals surface area contributed by atoms with Crippen molar-refractivity contribution in [3.05, 3.63) is 28.8 Å². The number of nitrogens with one attached hydrogen (secondary N) is 1. The SMILES string of the molecule is Cc1cc(C)c2c(c1)CCC1CNCC(=O)N21. The van der Waals surface area contributed by atoms with Crippen LogP contribution in [-0.2, 0) is 11.2 Å². The third kappa shape index (κ3) is 1.65. The molecule has 1 amide bonds. The van der Waals surface area contributed by atoms with Crippen molar-refractivity contribution in [3.63, 3.8) is 0 Å². The highest BCUT2D eigenvalue weighted by Crippen LogP contribution is 2.35. The van der Waals surface area contributed by atoms with E-state index in [1.165, 1.54) is 22.4 Å². The number of nitrogens with zero attached hydrogens (tertiary/aromatic N) is 1. The topological polar surface area (TPSA) is 32.3 Å². The molecule has 0 radical (unpaired) electrons. The highest BCUT2D eigenvalue weighted by atomic mass is 16.2. The second kappa shape index (κ2) is 3.84. The van der Waals surface area contributed by atoms with E-state index >= 15 is 0 Å². The van der Waals surface area contributed by atoms with Crippen LogP contribution in [0.1, 0.15) is 23.1 Å². The van der Waals surface area contributed by atoms with Gasteiger partial charge in [0.1, 0.15) is 0 Å². The summed E-state index contributed by atoms with van der Waals surface area (Å²) in [4.78, 5) is 14.1. The molecule has 1 N–H and O–H groups in total. The van der Waals surface area contributed by atoms with E-state index in [1.54, 1.807) is 0 Å². The predicted molar refractivity (Wildman–Crippen MR) is 68.4 cm³/mol. The molecule has 1 aromatic rings. The van der Waals surface area contributed by atoms with Crippen molar-refractivity contribution in [3.8, 4) is 0 Å². The summed E-state index contributed by atoms with van der Waals surface area (Å²) in [6.07, 6.45) is 2.17. The van der Waals surface area contributed by atoms with Crippen LogP contribution in [0.2, 0.25) is 0 Å². The molecular weight excluding hydrogens is 212 g/mol. The Hall–Kier alpha value is -1.35. The zero-order chi connectivity index (χ0) is 12.0. The van der Waals surface area contributed by atoms with E-state index in [4.69, 9.17) is 0 Å². The number of hydrogen-bond acceptors (Lipinski definition) is 2. The fraction of sp³-hybridized carbons (Fsp3) is 0.500. The van der Waals surface area contributed by atoms with Crippen LogP contribution in [0.3, 0.4) is 0 Å². The second-order valence-electron chi connectivity index (χ2n) is 5.18. The van der Waals surface area contributed by atoms with E-state index in [-0.39, 0.29) is 5.91 Å². The van der Waals surface area contributed by atoms with Gasteiger partial charge in [-0.15, -0.1) is 0 Å². The highest BCUT2D eigenvalue weighted by molar-refractivity contribution is 5.98. The summed E-state index contributed by atoms with van der Waals surface area (Å²) in [5.74, 6) is 0.217. The summed E-state index contributed by atoms with van der Waals surface area (Å²) in [7, 11) is 0. The summed E-state index contributed by atoms with van der Waals surface area (Å²) in [5.41, 5.74) is 5.05. The molecule has 1 unspecified atom stereocenters. The van der Waals surface area contributed by atoms with Gasteiger partial charge in [0, 0.05) is 12.6 Å². The van der Waals surface area contributed by atoms with Crippen LogP contribution in [0.15, 0.2) is 12.1 Å². The van der Waals surface area contributed by atoms with Crippen molar-refractivity contribution in [2.24, 2.45) is 0 Å². The molecule has 1 atom stereocenters. The summed E-state index contributed by atoms with van der Waals surface area (Å²) in [5, 5.41) is 3.20. The zero-order valence-electron chi connectivity index (χ0n) is 10.4. The van der Waals surface area contributed by atoms with E-state index in [0.717, 1.165) is 19.4 Å². The van der Waals surface area contributed by atoms with E-state index in [0.29, 0.717) is 12.6 Å². The highest BCUT2D eigenvalue weighted by Gasteiger charge is 2.34. The molecule has 3 heteroatoms. The lowest BCUT2D eigenvalue weighted by atomic mass is 9.90. The third-order valence-corrected chi connectivity index (χ3v) is 3.80. The molecule has 3 rings (SSSR count). The quantitative estimate of drug-likeness (QED) is 0.733. The zero-order valence-corrected chi connectivity index (χ0v) is 10.4. The lowest BCUT2D eigenvalue weighted by Crippen LogP contribution is -2.57. The van der Waals surface area contributed by atoms with Crippen molar-refractivity contribution >= 4 is 11.6 Å². The molecule has 1 aromatic carbocycles. The molecule has 0 bridgehead atoms. The monoisotopic (exact) mass is 230 g/mol. The van der Waals surface area contributed by atoms with Crippen LogP contribution < -0.4 is 10.2 Å². The Labute approximate surface area is 102 Å². The molecule has 17 heavy (non-hydrogen) atoms. The maximum Gasteiger partial charge on any atom is 0.241 e. The number of hydrogen-bond donors (Lipinski definition) is 1. The second-order valence-corrected chi connectivity index (χ2v) is 5.18. The van der Waals surface area contributed by atoms with Gasteiger partial charge in [-0.25, -0.2) is 0 Å².